The van der Waals surface area contributed by atoms with Crippen LogP contribution in [0, 0.1) is 0 Å². The number of anilines is 1. The molecule has 2 heterocycles. The molecule has 20 heavy (non-hydrogen) atoms. The Hall–Kier alpha value is -2.63. The van der Waals surface area contributed by atoms with Crippen LogP contribution in [0.15, 0.2) is 34.9 Å². The van der Waals surface area contributed by atoms with E-state index in [0.29, 0.717) is 23.6 Å². The van der Waals surface area contributed by atoms with E-state index in [-0.39, 0.29) is 6.79 Å². The van der Waals surface area contributed by atoms with Gasteiger partial charge in [-0.1, -0.05) is 0 Å². The molecule has 6 nitrogen and oxygen atoms in total. The number of benzene rings is 1. The van der Waals surface area contributed by atoms with Crippen molar-refractivity contribution < 1.29 is 23.4 Å². The number of carbonyl (C=O) groups is 1. The van der Waals surface area contributed by atoms with Gasteiger partial charge in [0.15, 0.2) is 11.5 Å². The average molecular weight is 275 g/mol. The first-order chi connectivity index (χ1) is 9.76. The predicted molar refractivity (Wildman–Crippen MR) is 69.9 cm³/mol. The van der Waals surface area contributed by atoms with E-state index in [9.17, 15) is 4.79 Å². The van der Waals surface area contributed by atoms with Gasteiger partial charge in [0, 0.05) is 11.8 Å². The summed E-state index contributed by atoms with van der Waals surface area (Å²) in [5, 5.41) is 3.18. The minimum Gasteiger partial charge on any atom is -0.467 e. The second kappa shape index (κ2) is 5.16. The Bertz CT molecular complexity index is 634. The highest BCUT2D eigenvalue weighted by atomic mass is 16.7. The third kappa shape index (κ3) is 2.40. The number of rotatable bonds is 4. The molecule has 3 rings (SSSR count). The summed E-state index contributed by atoms with van der Waals surface area (Å²) in [5.74, 6) is 1.68. The fourth-order valence-electron chi connectivity index (χ4n) is 1.89. The lowest BCUT2D eigenvalue weighted by atomic mass is 10.2. The van der Waals surface area contributed by atoms with E-state index in [1.54, 1.807) is 6.07 Å². The fourth-order valence-corrected chi connectivity index (χ4v) is 1.89. The molecule has 0 bridgehead atoms. The van der Waals surface area contributed by atoms with Crippen molar-refractivity contribution in [3.63, 3.8) is 0 Å². The number of hydrogen-bond acceptors (Lipinski definition) is 6. The van der Waals surface area contributed by atoms with Gasteiger partial charge in [-0.2, -0.15) is 0 Å². The van der Waals surface area contributed by atoms with Crippen LogP contribution in [0.25, 0.3) is 0 Å². The molecule has 0 amide bonds. The Balaban J connectivity index is 1.64. The molecule has 1 aliphatic heterocycles. The summed E-state index contributed by atoms with van der Waals surface area (Å²) in [5.41, 5.74) is 1.28. The van der Waals surface area contributed by atoms with Gasteiger partial charge >= 0.3 is 5.97 Å². The molecular weight excluding hydrogens is 262 g/mol. The molecule has 0 fully saturated rings. The smallest absolute Gasteiger partial charge is 0.341 e. The first-order valence-electron chi connectivity index (χ1n) is 6.05. The summed E-state index contributed by atoms with van der Waals surface area (Å²) < 4.78 is 20.4. The lowest BCUT2D eigenvalue weighted by Crippen LogP contribution is -2.00. The minimum atomic E-state index is -0.414. The van der Waals surface area contributed by atoms with E-state index < -0.39 is 5.97 Å². The van der Waals surface area contributed by atoms with Crippen LogP contribution in [0.4, 0.5) is 5.69 Å². The lowest BCUT2D eigenvalue weighted by Gasteiger charge is -2.05. The van der Waals surface area contributed by atoms with Gasteiger partial charge in [-0.3, -0.25) is 0 Å². The topological polar surface area (TPSA) is 69.9 Å². The Labute approximate surface area is 115 Å². The minimum absolute atomic E-state index is 0.249. The van der Waals surface area contributed by atoms with Crippen LogP contribution in [-0.4, -0.2) is 19.9 Å². The molecule has 6 heteroatoms. The zero-order valence-electron chi connectivity index (χ0n) is 10.8. The van der Waals surface area contributed by atoms with Crippen molar-refractivity contribution in [3.05, 3.63) is 41.9 Å². The number of nitrogens with one attached hydrogen (secondary N) is 1. The molecule has 0 atom stereocenters. The van der Waals surface area contributed by atoms with Crippen molar-refractivity contribution in [1.82, 2.24) is 0 Å². The molecule has 0 unspecified atom stereocenters. The van der Waals surface area contributed by atoms with Crippen molar-refractivity contribution in [3.8, 4) is 11.5 Å². The van der Waals surface area contributed by atoms with E-state index in [1.165, 1.54) is 13.4 Å². The molecule has 0 radical (unpaired) electrons. The van der Waals surface area contributed by atoms with Gasteiger partial charge in [-0.25, -0.2) is 4.79 Å². The van der Waals surface area contributed by atoms with Gasteiger partial charge in [-0.15, -0.1) is 0 Å². The molecular formula is C14H13NO5. The van der Waals surface area contributed by atoms with Crippen molar-refractivity contribution in [2.45, 2.75) is 6.54 Å². The Morgan fingerprint density at radius 3 is 3.00 bits per heavy atom. The fraction of sp³-hybridized carbons (Fsp3) is 0.214. The molecule has 104 valence electrons. The van der Waals surface area contributed by atoms with Crippen LogP contribution in [-0.2, 0) is 11.3 Å². The first-order valence-corrected chi connectivity index (χ1v) is 6.05. The van der Waals surface area contributed by atoms with Crippen molar-refractivity contribution in [2.75, 3.05) is 19.2 Å². The van der Waals surface area contributed by atoms with Gasteiger partial charge < -0.3 is 23.9 Å². The zero-order valence-corrected chi connectivity index (χ0v) is 10.8. The lowest BCUT2D eigenvalue weighted by molar-refractivity contribution is 0.0600. The van der Waals surface area contributed by atoms with Crippen molar-refractivity contribution in [2.24, 2.45) is 0 Å². The molecule has 0 saturated carbocycles. The zero-order chi connectivity index (χ0) is 13.9. The molecule has 0 spiro atoms. The summed E-state index contributed by atoms with van der Waals surface area (Å²) >= 11 is 0. The van der Waals surface area contributed by atoms with Crippen LogP contribution >= 0.6 is 0 Å². The predicted octanol–water partition coefficient (Wildman–Crippen LogP) is 2.41. The van der Waals surface area contributed by atoms with E-state index in [1.807, 2.05) is 18.2 Å². The number of furan rings is 1. The summed E-state index contributed by atoms with van der Waals surface area (Å²) in [6.07, 6.45) is 1.38. The van der Waals surface area contributed by atoms with Gasteiger partial charge in [0.1, 0.15) is 12.0 Å². The van der Waals surface area contributed by atoms with E-state index in [2.05, 4.69) is 10.1 Å². The van der Waals surface area contributed by atoms with Crippen LogP contribution in [0.2, 0.25) is 0 Å². The van der Waals surface area contributed by atoms with Crippen LogP contribution in [0.1, 0.15) is 16.1 Å². The maximum absolute atomic E-state index is 11.3. The molecule has 1 aliphatic rings. The van der Waals surface area contributed by atoms with Gasteiger partial charge in [0.25, 0.3) is 0 Å². The molecule has 1 aromatic heterocycles. The molecule has 0 aliphatic carbocycles. The molecule has 1 N–H and O–H groups in total. The third-order valence-corrected chi connectivity index (χ3v) is 2.91. The first kappa shape index (κ1) is 12.4. The van der Waals surface area contributed by atoms with Gasteiger partial charge in [0.2, 0.25) is 6.79 Å². The Morgan fingerprint density at radius 2 is 2.15 bits per heavy atom. The van der Waals surface area contributed by atoms with E-state index >= 15 is 0 Å². The van der Waals surface area contributed by atoms with Gasteiger partial charge in [-0.05, 0) is 18.2 Å². The van der Waals surface area contributed by atoms with Crippen LogP contribution in [0.3, 0.4) is 0 Å². The highest BCUT2D eigenvalue weighted by Crippen LogP contribution is 2.34. The highest BCUT2D eigenvalue weighted by Gasteiger charge is 2.14. The number of esters is 1. The number of ether oxygens (including phenoxy) is 3. The summed E-state index contributed by atoms with van der Waals surface area (Å²) in [7, 11) is 1.33. The van der Waals surface area contributed by atoms with E-state index in [4.69, 9.17) is 13.9 Å². The molecule has 2 aromatic rings. The second-order valence-electron chi connectivity index (χ2n) is 4.21. The number of hydrogen-bond donors (Lipinski definition) is 1. The number of fused-ring (bicyclic) bond motifs is 1. The average Bonchev–Trinajstić information content (AvgIpc) is 3.12. The van der Waals surface area contributed by atoms with Crippen molar-refractivity contribution in [1.29, 1.82) is 0 Å². The molecule has 1 aromatic carbocycles. The molecule has 0 saturated heterocycles. The standard InChI is InChI=1S/C14H13NO5/c1-17-14(16)9-4-11(18-7-9)6-15-10-2-3-12-13(5-10)20-8-19-12/h2-5,7,15H,6,8H2,1H3. The van der Waals surface area contributed by atoms with Crippen LogP contribution < -0.4 is 14.8 Å². The second-order valence-corrected chi connectivity index (χ2v) is 4.21. The van der Waals surface area contributed by atoms with Crippen molar-refractivity contribution >= 4 is 11.7 Å². The Kier molecular flexibility index (Phi) is 3.20. The maximum Gasteiger partial charge on any atom is 0.341 e. The summed E-state index contributed by atoms with van der Waals surface area (Å²) in [4.78, 5) is 11.3. The Morgan fingerprint density at radius 1 is 1.30 bits per heavy atom. The van der Waals surface area contributed by atoms with Crippen LogP contribution in [0.5, 0.6) is 11.5 Å². The SMILES string of the molecule is COC(=O)c1coc(CNc2ccc3c(c2)OCO3)c1. The summed E-state index contributed by atoms with van der Waals surface area (Å²) in [6.45, 7) is 0.704. The summed E-state index contributed by atoms with van der Waals surface area (Å²) in [6, 6.07) is 7.22. The maximum atomic E-state index is 11.3. The van der Waals surface area contributed by atoms with E-state index in [0.717, 1.165) is 11.4 Å². The largest absolute Gasteiger partial charge is 0.467 e. The third-order valence-electron chi connectivity index (χ3n) is 2.91. The monoisotopic (exact) mass is 275 g/mol. The number of carbonyl (C=O) groups excluding carboxylic acids is 1. The normalized spacial score (nSPS) is 12.2. The number of methoxy groups -OCH3 is 1. The van der Waals surface area contributed by atoms with Gasteiger partial charge in [0.05, 0.1) is 19.2 Å². The highest BCUT2D eigenvalue weighted by molar-refractivity contribution is 5.89. The quantitative estimate of drug-likeness (QED) is 0.864.